The van der Waals surface area contributed by atoms with E-state index in [1.54, 1.807) is 14.0 Å². The first-order valence-electron chi connectivity index (χ1n) is 7.10. The van der Waals surface area contributed by atoms with Crippen LogP contribution in [0.15, 0.2) is 30.5 Å². The summed E-state index contributed by atoms with van der Waals surface area (Å²) in [4.78, 5) is 12.1. The summed E-state index contributed by atoms with van der Waals surface area (Å²) < 4.78 is 53.8. The molecule has 0 saturated heterocycles. The molecule has 5 nitrogen and oxygen atoms in total. The van der Waals surface area contributed by atoms with Crippen LogP contribution in [-0.2, 0) is 6.18 Å². The number of nitrogens with one attached hydrogen (secondary N) is 2. The van der Waals surface area contributed by atoms with Crippen molar-refractivity contribution in [1.82, 2.24) is 20.4 Å². The molecule has 10 heteroatoms. The van der Waals surface area contributed by atoms with Gasteiger partial charge in [0.25, 0.3) is 5.91 Å². The number of hydrogen-bond donors (Lipinski definition) is 2. The molecule has 1 aromatic carbocycles. The Bertz CT molecular complexity index is 715. The maximum absolute atomic E-state index is 13.4. The molecular weight excluding hydrogens is 364 g/mol. The second-order valence-corrected chi connectivity index (χ2v) is 5.19. The SMILES string of the molecule is CNC(C)CNC(=O)c1cnn(-c2ccc(F)cc2)c1C(F)(F)F.Cl. The highest BCUT2D eigenvalue weighted by Gasteiger charge is 2.40. The van der Waals surface area contributed by atoms with Gasteiger partial charge in [0, 0.05) is 12.6 Å². The molecule has 1 amide bonds. The van der Waals surface area contributed by atoms with Crippen LogP contribution >= 0.6 is 12.4 Å². The minimum absolute atomic E-state index is 0. The second-order valence-electron chi connectivity index (χ2n) is 5.19. The molecule has 1 aromatic heterocycles. The number of amides is 1. The molecule has 0 aliphatic rings. The third kappa shape index (κ3) is 4.93. The van der Waals surface area contributed by atoms with Gasteiger partial charge in [0.1, 0.15) is 5.82 Å². The summed E-state index contributed by atoms with van der Waals surface area (Å²) in [5.41, 5.74) is -1.79. The van der Waals surface area contributed by atoms with Crippen molar-refractivity contribution >= 4 is 18.3 Å². The fourth-order valence-electron chi connectivity index (χ4n) is 2.01. The zero-order valence-electron chi connectivity index (χ0n) is 13.4. The molecular formula is C15H17ClF4N4O. The summed E-state index contributed by atoms with van der Waals surface area (Å²) in [6.45, 7) is 1.93. The molecule has 0 aliphatic carbocycles. The summed E-state index contributed by atoms with van der Waals surface area (Å²) in [6, 6.07) is 4.25. The van der Waals surface area contributed by atoms with Gasteiger partial charge in [-0.25, -0.2) is 9.07 Å². The monoisotopic (exact) mass is 380 g/mol. The van der Waals surface area contributed by atoms with Crippen molar-refractivity contribution < 1.29 is 22.4 Å². The topological polar surface area (TPSA) is 58.9 Å². The van der Waals surface area contributed by atoms with Crippen LogP contribution in [-0.4, -0.2) is 35.3 Å². The molecule has 2 rings (SSSR count). The average molecular weight is 381 g/mol. The van der Waals surface area contributed by atoms with Crippen molar-refractivity contribution in [2.45, 2.75) is 19.1 Å². The van der Waals surface area contributed by atoms with Gasteiger partial charge >= 0.3 is 6.18 Å². The van der Waals surface area contributed by atoms with Crippen molar-refractivity contribution in [3.05, 3.63) is 47.5 Å². The zero-order chi connectivity index (χ0) is 17.9. The summed E-state index contributed by atoms with van der Waals surface area (Å²) in [5, 5.41) is 8.93. The van der Waals surface area contributed by atoms with Gasteiger partial charge in [-0.15, -0.1) is 12.4 Å². The predicted molar refractivity (Wildman–Crippen MR) is 86.6 cm³/mol. The van der Waals surface area contributed by atoms with E-state index in [-0.39, 0.29) is 30.7 Å². The molecule has 0 saturated carbocycles. The van der Waals surface area contributed by atoms with Gasteiger partial charge in [-0.2, -0.15) is 18.3 Å². The summed E-state index contributed by atoms with van der Waals surface area (Å²) >= 11 is 0. The molecule has 25 heavy (non-hydrogen) atoms. The number of hydrogen-bond acceptors (Lipinski definition) is 3. The van der Waals surface area contributed by atoms with E-state index >= 15 is 0 Å². The second kappa shape index (κ2) is 8.30. The number of alkyl halides is 3. The van der Waals surface area contributed by atoms with Crippen molar-refractivity contribution in [2.75, 3.05) is 13.6 Å². The van der Waals surface area contributed by atoms with Gasteiger partial charge in [0.05, 0.1) is 17.4 Å². The Balaban J connectivity index is 0.00000312. The van der Waals surface area contributed by atoms with Gasteiger partial charge < -0.3 is 10.6 Å². The van der Waals surface area contributed by atoms with E-state index in [1.807, 2.05) is 0 Å². The number of rotatable bonds is 5. The third-order valence-corrected chi connectivity index (χ3v) is 3.42. The lowest BCUT2D eigenvalue weighted by molar-refractivity contribution is -0.143. The molecule has 0 aliphatic heterocycles. The Labute approximate surface area is 147 Å². The number of carbonyl (C=O) groups excluding carboxylic acids is 1. The minimum Gasteiger partial charge on any atom is -0.350 e. The summed E-state index contributed by atoms with van der Waals surface area (Å²) in [6.07, 6.45) is -3.95. The van der Waals surface area contributed by atoms with E-state index in [2.05, 4.69) is 15.7 Å². The Kier molecular flexibility index (Phi) is 6.95. The van der Waals surface area contributed by atoms with Crippen LogP contribution in [0.25, 0.3) is 5.69 Å². The van der Waals surface area contributed by atoms with Crippen LogP contribution < -0.4 is 10.6 Å². The molecule has 2 N–H and O–H groups in total. The molecule has 138 valence electrons. The van der Waals surface area contributed by atoms with Crippen molar-refractivity contribution in [3.8, 4) is 5.69 Å². The molecule has 0 spiro atoms. The van der Waals surface area contributed by atoms with Gasteiger partial charge in [0.15, 0.2) is 5.69 Å². The predicted octanol–water partition coefficient (Wildman–Crippen LogP) is 2.79. The molecule has 0 fully saturated rings. The zero-order valence-corrected chi connectivity index (χ0v) is 14.2. The molecule has 1 atom stereocenters. The van der Waals surface area contributed by atoms with Crippen LogP contribution in [0.1, 0.15) is 23.0 Å². The van der Waals surface area contributed by atoms with Gasteiger partial charge in [0.2, 0.25) is 0 Å². The lowest BCUT2D eigenvalue weighted by Gasteiger charge is -2.14. The number of likely N-dealkylation sites (N-methyl/N-ethyl adjacent to an activating group) is 1. The van der Waals surface area contributed by atoms with E-state index < -0.39 is 29.2 Å². The number of nitrogens with zero attached hydrogens (tertiary/aromatic N) is 2. The van der Waals surface area contributed by atoms with Crippen LogP contribution in [0, 0.1) is 5.82 Å². The standard InChI is InChI=1S/C15H16F4N4O.ClH/c1-9(20-2)7-21-14(24)12-8-22-23(13(12)15(17,18)19)11-5-3-10(16)4-6-11;/h3-6,8-9,20H,7H2,1-2H3,(H,21,24);1H. The Hall–Kier alpha value is -2.13. The molecule has 0 bridgehead atoms. The Morgan fingerprint density at radius 2 is 1.88 bits per heavy atom. The minimum atomic E-state index is -4.80. The normalized spacial score (nSPS) is 12.4. The van der Waals surface area contributed by atoms with Crippen LogP contribution in [0.5, 0.6) is 0 Å². The average Bonchev–Trinajstić information content (AvgIpc) is 2.98. The third-order valence-electron chi connectivity index (χ3n) is 3.42. The highest BCUT2D eigenvalue weighted by atomic mass is 35.5. The molecule has 0 radical (unpaired) electrons. The summed E-state index contributed by atoms with van der Waals surface area (Å²) in [5.74, 6) is -1.46. The van der Waals surface area contributed by atoms with Crippen molar-refractivity contribution in [3.63, 3.8) is 0 Å². The Morgan fingerprint density at radius 1 is 1.28 bits per heavy atom. The highest BCUT2D eigenvalue weighted by molar-refractivity contribution is 5.95. The smallest absolute Gasteiger partial charge is 0.350 e. The van der Waals surface area contributed by atoms with E-state index in [9.17, 15) is 22.4 Å². The van der Waals surface area contributed by atoms with Crippen molar-refractivity contribution in [1.29, 1.82) is 0 Å². The number of carbonyl (C=O) groups is 1. The molecule has 1 heterocycles. The van der Waals surface area contributed by atoms with E-state index in [1.165, 1.54) is 0 Å². The first-order valence-corrected chi connectivity index (χ1v) is 7.10. The first-order chi connectivity index (χ1) is 11.2. The molecule has 1 unspecified atom stereocenters. The quantitative estimate of drug-likeness (QED) is 0.784. The van der Waals surface area contributed by atoms with E-state index in [4.69, 9.17) is 0 Å². The first kappa shape index (κ1) is 20.9. The lowest BCUT2D eigenvalue weighted by Crippen LogP contribution is -2.37. The van der Waals surface area contributed by atoms with Crippen LogP contribution in [0.4, 0.5) is 17.6 Å². The maximum atomic E-state index is 13.4. The van der Waals surface area contributed by atoms with Gasteiger partial charge in [-0.3, -0.25) is 4.79 Å². The van der Waals surface area contributed by atoms with Gasteiger partial charge in [-0.05, 0) is 38.2 Å². The fraction of sp³-hybridized carbons (Fsp3) is 0.333. The molecule has 2 aromatic rings. The highest BCUT2D eigenvalue weighted by Crippen LogP contribution is 2.33. The number of aromatic nitrogens is 2. The maximum Gasteiger partial charge on any atom is 0.434 e. The van der Waals surface area contributed by atoms with Crippen LogP contribution in [0.3, 0.4) is 0 Å². The number of benzene rings is 1. The Morgan fingerprint density at radius 3 is 2.40 bits per heavy atom. The van der Waals surface area contributed by atoms with E-state index in [0.717, 1.165) is 30.5 Å². The number of halogens is 5. The fourth-order valence-corrected chi connectivity index (χ4v) is 2.01. The van der Waals surface area contributed by atoms with E-state index in [0.29, 0.717) is 4.68 Å². The summed E-state index contributed by atoms with van der Waals surface area (Å²) in [7, 11) is 1.67. The van der Waals surface area contributed by atoms with Crippen LogP contribution in [0.2, 0.25) is 0 Å². The van der Waals surface area contributed by atoms with Gasteiger partial charge in [-0.1, -0.05) is 0 Å². The van der Waals surface area contributed by atoms with Crippen molar-refractivity contribution in [2.24, 2.45) is 0 Å². The largest absolute Gasteiger partial charge is 0.434 e. The lowest BCUT2D eigenvalue weighted by atomic mass is 10.2.